The Kier molecular flexibility index (Phi) is 5.85. The molecule has 2 amide bonds. The highest BCUT2D eigenvalue weighted by Gasteiger charge is 2.26. The van der Waals surface area contributed by atoms with Crippen LogP contribution in [-0.2, 0) is 20.9 Å². The summed E-state index contributed by atoms with van der Waals surface area (Å²) >= 11 is 1.53. The normalized spacial score (nSPS) is 15.2. The minimum Gasteiger partial charge on any atom is -0.374 e. The Bertz CT molecular complexity index is 519. The zero-order valence-corrected chi connectivity index (χ0v) is 13.8. The molecule has 1 aromatic rings. The third-order valence-corrected chi connectivity index (χ3v) is 4.16. The zero-order chi connectivity index (χ0) is 16.0. The van der Waals surface area contributed by atoms with Crippen LogP contribution < -0.4 is 5.32 Å². The van der Waals surface area contributed by atoms with Crippen molar-refractivity contribution in [3.8, 4) is 0 Å². The first-order valence-electron chi connectivity index (χ1n) is 7.24. The molecule has 0 unspecified atom stereocenters. The van der Waals surface area contributed by atoms with Gasteiger partial charge in [-0.3, -0.25) is 9.59 Å². The molecule has 1 saturated heterocycles. The molecule has 1 aromatic carbocycles. The van der Waals surface area contributed by atoms with Crippen LogP contribution in [-0.4, -0.2) is 47.0 Å². The number of amides is 2. The first kappa shape index (κ1) is 16.8. The van der Waals surface area contributed by atoms with Crippen molar-refractivity contribution < 1.29 is 14.3 Å². The van der Waals surface area contributed by atoms with Crippen molar-refractivity contribution in [2.45, 2.75) is 26.0 Å². The number of hydrogen-bond donors (Lipinski definition) is 1. The Labute approximate surface area is 135 Å². The maximum absolute atomic E-state index is 12.0. The van der Waals surface area contributed by atoms with Gasteiger partial charge in [0.25, 0.3) is 0 Å². The number of benzene rings is 1. The van der Waals surface area contributed by atoms with Gasteiger partial charge >= 0.3 is 0 Å². The molecule has 0 spiro atoms. The number of nitrogens with zero attached hydrogens (tertiary/aromatic N) is 1. The van der Waals surface area contributed by atoms with Gasteiger partial charge in [0.05, 0.1) is 30.4 Å². The van der Waals surface area contributed by atoms with E-state index in [0.717, 1.165) is 5.56 Å². The van der Waals surface area contributed by atoms with E-state index in [4.69, 9.17) is 4.74 Å². The number of thioether (sulfide) groups is 1. The monoisotopic (exact) mass is 322 g/mol. The molecule has 1 aliphatic rings. The molecule has 0 aromatic heterocycles. The van der Waals surface area contributed by atoms with Crippen molar-refractivity contribution in [3.63, 3.8) is 0 Å². The molecule has 1 aliphatic heterocycles. The summed E-state index contributed by atoms with van der Waals surface area (Å²) in [4.78, 5) is 25.1. The summed E-state index contributed by atoms with van der Waals surface area (Å²) < 4.78 is 5.68. The first-order valence-corrected chi connectivity index (χ1v) is 8.40. The van der Waals surface area contributed by atoms with Crippen molar-refractivity contribution in [2.75, 3.05) is 24.8 Å². The average molecular weight is 322 g/mol. The standard InChI is InChI=1S/C16H22N2O3S/c1-16(2,11-21-9-13-6-4-3-5-7-13)17-14(19)8-18-12-22-10-15(18)20/h3-7H,8-12H2,1-2H3,(H,17,19). The number of nitrogens with one attached hydrogen (secondary N) is 1. The molecule has 0 saturated carbocycles. The van der Waals surface area contributed by atoms with Gasteiger partial charge in [0.1, 0.15) is 6.54 Å². The van der Waals surface area contributed by atoms with E-state index < -0.39 is 5.54 Å². The smallest absolute Gasteiger partial charge is 0.240 e. The SMILES string of the molecule is CC(C)(COCc1ccccc1)NC(=O)CN1CSCC1=O. The van der Waals surface area contributed by atoms with Gasteiger partial charge in [0, 0.05) is 0 Å². The van der Waals surface area contributed by atoms with Crippen LogP contribution in [0.1, 0.15) is 19.4 Å². The van der Waals surface area contributed by atoms with Crippen LogP contribution in [0.4, 0.5) is 0 Å². The molecule has 1 heterocycles. The number of carbonyl (C=O) groups is 2. The summed E-state index contributed by atoms with van der Waals surface area (Å²) in [5, 5.41) is 2.92. The van der Waals surface area contributed by atoms with Crippen LogP contribution in [0.25, 0.3) is 0 Å². The topological polar surface area (TPSA) is 58.6 Å². The number of hydrogen-bond acceptors (Lipinski definition) is 4. The van der Waals surface area contributed by atoms with E-state index in [1.165, 1.54) is 11.8 Å². The highest BCUT2D eigenvalue weighted by molar-refractivity contribution is 8.00. The van der Waals surface area contributed by atoms with Crippen molar-refractivity contribution in [2.24, 2.45) is 0 Å². The fraction of sp³-hybridized carbons (Fsp3) is 0.500. The highest BCUT2D eigenvalue weighted by Crippen LogP contribution is 2.14. The predicted molar refractivity (Wildman–Crippen MR) is 87.4 cm³/mol. The van der Waals surface area contributed by atoms with Crippen molar-refractivity contribution in [1.29, 1.82) is 0 Å². The first-order chi connectivity index (χ1) is 10.5. The van der Waals surface area contributed by atoms with E-state index in [-0.39, 0.29) is 18.4 Å². The quantitative estimate of drug-likeness (QED) is 0.829. The Balaban J connectivity index is 1.72. The van der Waals surface area contributed by atoms with Crippen LogP contribution in [0.2, 0.25) is 0 Å². The Morgan fingerprint density at radius 2 is 2.09 bits per heavy atom. The van der Waals surface area contributed by atoms with Crippen LogP contribution in [0, 0.1) is 0 Å². The maximum atomic E-state index is 12.0. The minimum atomic E-state index is -0.470. The van der Waals surface area contributed by atoms with Gasteiger partial charge in [0.15, 0.2) is 0 Å². The van der Waals surface area contributed by atoms with Crippen LogP contribution in [0.15, 0.2) is 30.3 Å². The molecular formula is C16H22N2O3S. The third-order valence-electron chi connectivity index (χ3n) is 3.21. The Morgan fingerprint density at radius 1 is 1.36 bits per heavy atom. The van der Waals surface area contributed by atoms with Gasteiger partial charge in [0.2, 0.25) is 11.8 Å². The molecule has 6 heteroatoms. The molecule has 0 bridgehead atoms. The van der Waals surface area contributed by atoms with E-state index >= 15 is 0 Å². The van der Waals surface area contributed by atoms with E-state index in [1.54, 1.807) is 4.90 Å². The second-order valence-corrected chi connectivity index (χ2v) is 6.93. The number of carbonyl (C=O) groups excluding carboxylic acids is 2. The lowest BCUT2D eigenvalue weighted by Crippen LogP contribution is -2.50. The maximum Gasteiger partial charge on any atom is 0.240 e. The van der Waals surface area contributed by atoms with Gasteiger partial charge in [-0.25, -0.2) is 0 Å². The lowest BCUT2D eigenvalue weighted by molar-refractivity contribution is -0.133. The van der Waals surface area contributed by atoms with Crippen molar-refractivity contribution in [3.05, 3.63) is 35.9 Å². The minimum absolute atomic E-state index is 0.0262. The summed E-state index contributed by atoms with van der Waals surface area (Å²) in [6.07, 6.45) is 0. The molecule has 5 nitrogen and oxygen atoms in total. The fourth-order valence-corrected chi connectivity index (χ4v) is 3.07. The summed E-state index contributed by atoms with van der Waals surface area (Å²) in [6.45, 7) is 4.87. The van der Waals surface area contributed by atoms with Gasteiger partial charge < -0.3 is 15.0 Å². The average Bonchev–Trinajstić information content (AvgIpc) is 2.84. The Hall–Kier alpha value is -1.53. The Morgan fingerprint density at radius 3 is 2.73 bits per heavy atom. The van der Waals surface area contributed by atoms with Crippen LogP contribution in [0.5, 0.6) is 0 Å². The highest BCUT2D eigenvalue weighted by atomic mass is 32.2. The number of ether oxygens (including phenoxy) is 1. The molecule has 120 valence electrons. The molecule has 1 N–H and O–H groups in total. The second kappa shape index (κ2) is 7.65. The van der Waals surface area contributed by atoms with E-state index in [0.29, 0.717) is 24.8 Å². The van der Waals surface area contributed by atoms with Crippen molar-refractivity contribution >= 4 is 23.6 Å². The van der Waals surface area contributed by atoms with Gasteiger partial charge in [-0.1, -0.05) is 30.3 Å². The van der Waals surface area contributed by atoms with E-state index in [2.05, 4.69) is 5.32 Å². The van der Waals surface area contributed by atoms with Crippen LogP contribution in [0.3, 0.4) is 0 Å². The summed E-state index contributed by atoms with van der Waals surface area (Å²) in [5.74, 6) is 0.941. The molecule has 22 heavy (non-hydrogen) atoms. The predicted octanol–water partition coefficient (Wildman–Crippen LogP) is 1.63. The zero-order valence-electron chi connectivity index (χ0n) is 13.0. The van der Waals surface area contributed by atoms with Crippen molar-refractivity contribution in [1.82, 2.24) is 10.2 Å². The summed E-state index contributed by atoms with van der Waals surface area (Å²) in [5.41, 5.74) is 0.631. The lowest BCUT2D eigenvalue weighted by Gasteiger charge is -2.27. The molecule has 0 aliphatic carbocycles. The third kappa shape index (κ3) is 5.35. The summed E-state index contributed by atoms with van der Waals surface area (Å²) in [6, 6.07) is 9.91. The van der Waals surface area contributed by atoms with Gasteiger partial charge in [-0.2, -0.15) is 0 Å². The number of rotatable bonds is 7. The van der Waals surface area contributed by atoms with Crippen LogP contribution >= 0.6 is 11.8 Å². The van der Waals surface area contributed by atoms with E-state index in [1.807, 2.05) is 44.2 Å². The second-order valence-electron chi connectivity index (χ2n) is 5.98. The molecule has 2 rings (SSSR count). The summed E-state index contributed by atoms with van der Waals surface area (Å²) in [7, 11) is 0. The molecule has 1 fully saturated rings. The van der Waals surface area contributed by atoms with E-state index in [9.17, 15) is 9.59 Å². The molecule has 0 atom stereocenters. The molecule has 0 radical (unpaired) electrons. The molecular weight excluding hydrogens is 300 g/mol. The largest absolute Gasteiger partial charge is 0.374 e. The lowest BCUT2D eigenvalue weighted by atomic mass is 10.1. The van der Waals surface area contributed by atoms with Gasteiger partial charge in [-0.15, -0.1) is 11.8 Å². The van der Waals surface area contributed by atoms with Gasteiger partial charge in [-0.05, 0) is 19.4 Å². The fourth-order valence-electron chi connectivity index (χ4n) is 2.16.